The molecule has 0 aromatic carbocycles. The lowest BCUT2D eigenvalue weighted by molar-refractivity contribution is -0.127. The summed E-state index contributed by atoms with van der Waals surface area (Å²) in [6.07, 6.45) is 6.09. The molecule has 2 rings (SSSR count). The number of likely N-dealkylation sites (N-methyl/N-ethyl adjacent to an activating group) is 1. The summed E-state index contributed by atoms with van der Waals surface area (Å²) in [7, 11) is 2.02. The van der Waals surface area contributed by atoms with Crippen LogP contribution in [0.1, 0.15) is 52.9 Å². The smallest absolute Gasteiger partial charge is 0.237 e. The Balaban J connectivity index is 1.87. The zero-order valence-electron chi connectivity index (χ0n) is 14.2. The predicted molar refractivity (Wildman–Crippen MR) is 87.2 cm³/mol. The fourth-order valence-corrected chi connectivity index (χ4v) is 3.85. The zero-order chi connectivity index (χ0) is 15.4. The first-order valence-electron chi connectivity index (χ1n) is 8.74. The van der Waals surface area contributed by atoms with Crippen LogP contribution < -0.4 is 10.6 Å². The van der Waals surface area contributed by atoms with E-state index >= 15 is 0 Å². The van der Waals surface area contributed by atoms with Crippen LogP contribution in [0.2, 0.25) is 0 Å². The summed E-state index contributed by atoms with van der Waals surface area (Å²) in [6, 6.07) is 0.891. The van der Waals surface area contributed by atoms with Crippen LogP contribution in [-0.2, 0) is 4.79 Å². The first kappa shape index (κ1) is 16.8. The Hall–Kier alpha value is -0.610. The Morgan fingerprint density at radius 2 is 1.95 bits per heavy atom. The lowest BCUT2D eigenvalue weighted by Gasteiger charge is -2.38. The minimum Gasteiger partial charge on any atom is -0.352 e. The molecule has 122 valence electrons. The molecule has 2 N–H and O–H groups in total. The van der Waals surface area contributed by atoms with E-state index < -0.39 is 0 Å². The van der Waals surface area contributed by atoms with Crippen molar-refractivity contribution >= 4 is 5.91 Å². The van der Waals surface area contributed by atoms with Crippen molar-refractivity contribution in [2.24, 2.45) is 11.8 Å². The van der Waals surface area contributed by atoms with Crippen molar-refractivity contribution in [2.45, 2.75) is 71.0 Å². The Kier molecular flexibility index (Phi) is 6.06. The number of likely N-dealkylation sites (tertiary alicyclic amines) is 1. The molecule has 0 radical (unpaired) electrons. The topological polar surface area (TPSA) is 44.4 Å². The number of hydrogen-bond acceptors (Lipinski definition) is 3. The molecular weight excluding hydrogens is 262 g/mol. The van der Waals surface area contributed by atoms with E-state index in [4.69, 9.17) is 0 Å². The van der Waals surface area contributed by atoms with Crippen molar-refractivity contribution < 1.29 is 4.79 Å². The third-order valence-corrected chi connectivity index (χ3v) is 5.82. The number of piperidine rings is 1. The third-order valence-electron chi connectivity index (χ3n) is 5.82. The Morgan fingerprint density at radius 1 is 1.19 bits per heavy atom. The molecule has 4 nitrogen and oxygen atoms in total. The van der Waals surface area contributed by atoms with Gasteiger partial charge in [-0.2, -0.15) is 0 Å². The lowest BCUT2D eigenvalue weighted by Crippen LogP contribution is -2.55. The fourth-order valence-electron chi connectivity index (χ4n) is 3.85. The monoisotopic (exact) mass is 295 g/mol. The van der Waals surface area contributed by atoms with Gasteiger partial charge in [-0.1, -0.05) is 26.7 Å². The molecule has 21 heavy (non-hydrogen) atoms. The maximum Gasteiger partial charge on any atom is 0.237 e. The number of amides is 1. The van der Waals surface area contributed by atoms with E-state index in [9.17, 15) is 4.79 Å². The van der Waals surface area contributed by atoms with Crippen molar-refractivity contribution in [2.75, 3.05) is 20.1 Å². The molecule has 0 spiro atoms. The van der Waals surface area contributed by atoms with E-state index in [0.29, 0.717) is 18.0 Å². The second kappa shape index (κ2) is 7.59. The number of carbonyl (C=O) groups is 1. The van der Waals surface area contributed by atoms with E-state index in [2.05, 4.69) is 36.3 Å². The molecule has 4 heteroatoms. The van der Waals surface area contributed by atoms with Crippen molar-refractivity contribution in [1.82, 2.24) is 15.5 Å². The van der Waals surface area contributed by atoms with Gasteiger partial charge >= 0.3 is 0 Å². The summed E-state index contributed by atoms with van der Waals surface area (Å²) in [5, 5.41) is 6.68. The molecular formula is C17H33N3O. The van der Waals surface area contributed by atoms with Gasteiger partial charge in [0.2, 0.25) is 5.91 Å². The summed E-state index contributed by atoms with van der Waals surface area (Å²) in [5.74, 6) is 1.54. The Morgan fingerprint density at radius 3 is 2.67 bits per heavy atom. The largest absolute Gasteiger partial charge is 0.352 e. The summed E-state index contributed by atoms with van der Waals surface area (Å²) in [4.78, 5) is 14.9. The van der Waals surface area contributed by atoms with Gasteiger partial charge in [-0.3, -0.25) is 9.69 Å². The third kappa shape index (κ3) is 4.19. The van der Waals surface area contributed by atoms with Crippen molar-refractivity contribution in [3.63, 3.8) is 0 Å². The Bertz CT molecular complexity index is 347. The van der Waals surface area contributed by atoms with Gasteiger partial charge in [0.05, 0.1) is 6.04 Å². The van der Waals surface area contributed by atoms with Gasteiger partial charge in [0.25, 0.3) is 0 Å². The molecule has 0 aromatic heterocycles. The number of hydrogen-bond donors (Lipinski definition) is 2. The van der Waals surface area contributed by atoms with Crippen LogP contribution >= 0.6 is 0 Å². The highest BCUT2D eigenvalue weighted by molar-refractivity contribution is 5.81. The average Bonchev–Trinajstić information content (AvgIpc) is 2.51. The minimum absolute atomic E-state index is 0.00872. The number of nitrogens with zero attached hydrogens (tertiary/aromatic N) is 1. The Labute approximate surface area is 130 Å². The first-order chi connectivity index (χ1) is 10.0. The molecule has 0 bridgehead atoms. The lowest BCUT2D eigenvalue weighted by atomic mass is 9.78. The van der Waals surface area contributed by atoms with E-state index in [0.717, 1.165) is 25.4 Å². The molecule has 1 aliphatic carbocycles. The summed E-state index contributed by atoms with van der Waals surface area (Å²) >= 11 is 0. The van der Waals surface area contributed by atoms with Crippen molar-refractivity contribution in [3.05, 3.63) is 0 Å². The van der Waals surface area contributed by atoms with Gasteiger partial charge in [0.15, 0.2) is 0 Å². The molecule has 2 fully saturated rings. The molecule has 1 saturated heterocycles. The van der Waals surface area contributed by atoms with Crippen LogP contribution in [0.4, 0.5) is 0 Å². The molecule has 2 aliphatic rings. The maximum atomic E-state index is 12.6. The zero-order valence-corrected chi connectivity index (χ0v) is 14.2. The van der Waals surface area contributed by atoms with Crippen LogP contribution in [0.5, 0.6) is 0 Å². The minimum atomic E-state index is -0.00872. The van der Waals surface area contributed by atoms with Crippen LogP contribution in [-0.4, -0.2) is 49.1 Å². The van der Waals surface area contributed by atoms with Crippen LogP contribution in [0, 0.1) is 11.8 Å². The molecule has 0 aromatic rings. The number of rotatable bonds is 4. The van der Waals surface area contributed by atoms with E-state index in [1.807, 2.05) is 7.05 Å². The van der Waals surface area contributed by atoms with Gasteiger partial charge in [-0.05, 0) is 51.6 Å². The SMILES string of the molecule is CNC1CCCN(C(C)C(=O)NC2CCCC(C)C2C)C1. The first-order valence-corrected chi connectivity index (χ1v) is 8.74. The van der Waals surface area contributed by atoms with Crippen LogP contribution in [0.3, 0.4) is 0 Å². The highest BCUT2D eigenvalue weighted by atomic mass is 16.2. The van der Waals surface area contributed by atoms with Crippen LogP contribution in [0.25, 0.3) is 0 Å². The molecule has 1 heterocycles. The fraction of sp³-hybridized carbons (Fsp3) is 0.941. The normalized spacial score (nSPS) is 36.2. The summed E-state index contributed by atoms with van der Waals surface area (Å²) < 4.78 is 0. The van der Waals surface area contributed by atoms with Crippen molar-refractivity contribution in [1.29, 1.82) is 0 Å². The molecule has 1 saturated carbocycles. The van der Waals surface area contributed by atoms with Gasteiger partial charge in [-0.15, -0.1) is 0 Å². The second-order valence-electron chi connectivity index (χ2n) is 7.18. The summed E-state index contributed by atoms with van der Waals surface area (Å²) in [5.41, 5.74) is 0. The molecule has 5 atom stereocenters. The maximum absolute atomic E-state index is 12.6. The van der Waals surface area contributed by atoms with E-state index in [1.165, 1.54) is 25.7 Å². The number of carbonyl (C=O) groups excluding carboxylic acids is 1. The molecule has 1 amide bonds. The molecule has 1 aliphatic heterocycles. The highest BCUT2D eigenvalue weighted by Crippen LogP contribution is 2.29. The average molecular weight is 295 g/mol. The van der Waals surface area contributed by atoms with E-state index in [1.54, 1.807) is 0 Å². The van der Waals surface area contributed by atoms with Crippen LogP contribution in [0.15, 0.2) is 0 Å². The molecule has 5 unspecified atom stereocenters. The number of nitrogens with one attached hydrogen (secondary N) is 2. The van der Waals surface area contributed by atoms with Gasteiger partial charge < -0.3 is 10.6 Å². The van der Waals surface area contributed by atoms with E-state index in [-0.39, 0.29) is 11.9 Å². The quantitative estimate of drug-likeness (QED) is 0.834. The van der Waals surface area contributed by atoms with Gasteiger partial charge in [-0.25, -0.2) is 0 Å². The standard InChI is InChI=1S/C17H33N3O/c1-12-7-5-9-16(13(12)2)19-17(21)14(3)20-10-6-8-15(11-20)18-4/h12-16,18H,5-11H2,1-4H3,(H,19,21). The summed E-state index contributed by atoms with van der Waals surface area (Å²) in [6.45, 7) is 8.70. The predicted octanol–water partition coefficient (Wildman–Crippen LogP) is 2.00. The second-order valence-corrected chi connectivity index (χ2v) is 7.18. The van der Waals surface area contributed by atoms with Gasteiger partial charge in [0.1, 0.15) is 0 Å². The van der Waals surface area contributed by atoms with Gasteiger partial charge in [0, 0.05) is 18.6 Å². The van der Waals surface area contributed by atoms with Crippen molar-refractivity contribution in [3.8, 4) is 0 Å². The highest BCUT2D eigenvalue weighted by Gasteiger charge is 2.31.